The largest absolute Gasteiger partial charge is 0.493 e. The first-order valence-corrected chi connectivity index (χ1v) is 9.17. The van der Waals surface area contributed by atoms with Crippen LogP contribution in [0.1, 0.15) is 28.7 Å². The summed E-state index contributed by atoms with van der Waals surface area (Å²) in [7, 11) is 1.58. The van der Waals surface area contributed by atoms with E-state index in [0.29, 0.717) is 35.4 Å². The van der Waals surface area contributed by atoms with Crippen molar-refractivity contribution in [1.82, 2.24) is 20.3 Å². The van der Waals surface area contributed by atoms with Gasteiger partial charge >= 0.3 is 0 Å². The van der Waals surface area contributed by atoms with Gasteiger partial charge in [-0.2, -0.15) is 0 Å². The number of methoxy groups -OCH3 is 1. The van der Waals surface area contributed by atoms with Crippen LogP contribution in [-0.4, -0.2) is 34.6 Å². The average molecular weight is 401 g/mol. The molecule has 8 heteroatoms. The van der Waals surface area contributed by atoms with Gasteiger partial charge in [-0.25, -0.2) is 4.68 Å². The summed E-state index contributed by atoms with van der Waals surface area (Å²) in [6.07, 6.45) is 0. The molecule has 0 spiro atoms. The first-order chi connectivity index (χ1) is 13.5. The second-order valence-corrected chi connectivity index (χ2v) is 6.45. The highest BCUT2D eigenvalue weighted by molar-refractivity contribution is 6.30. The minimum Gasteiger partial charge on any atom is -0.493 e. The zero-order valence-electron chi connectivity index (χ0n) is 15.9. The van der Waals surface area contributed by atoms with Crippen LogP contribution in [0.15, 0.2) is 42.5 Å². The van der Waals surface area contributed by atoms with E-state index in [-0.39, 0.29) is 11.6 Å². The molecular formula is C20H21ClN4O3. The van der Waals surface area contributed by atoms with Gasteiger partial charge in [-0.1, -0.05) is 28.9 Å². The molecule has 3 rings (SSSR count). The van der Waals surface area contributed by atoms with Gasteiger partial charge in [0.05, 0.1) is 25.1 Å². The Bertz CT molecular complexity index is 987. The third-order valence-electron chi connectivity index (χ3n) is 4.14. The summed E-state index contributed by atoms with van der Waals surface area (Å²) in [6, 6.07) is 12.7. The summed E-state index contributed by atoms with van der Waals surface area (Å²) in [6.45, 7) is 4.57. The molecule has 3 aromatic rings. The normalized spacial score (nSPS) is 10.6. The monoisotopic (exact) mass is 400 g/mol. The van der Waals surface area contributed by atoms with Gasteiger partial charge in [0.2, 0.25) is 0 Å². The van der Waals surface area contributed by atoms with E-state index >= 15 is 0 Å². The maximum Gasteiger partial charge on any atom is 0.274 e. The number of hydrogen-bond donors (Lipinski definition) is 1. The maximum absolute atomic E-state index is 12.6. The number of carbonyl (C=O) groups is 1. The van der Waals surface area contributed by atoms with Gasteiger partial charge in [-0.15, -0.1) is 5.10 Å². The molecule has 1 amide bonds. The lowest BCUT2D eigenvalue weighted by atomic mass is 10.2. The minimum absolute atomic E-state index is 0.262. The molecule has 1 N–H and O–H groups in total. The van der Waals surface area contributed by atoms with E-state index in [0.717, 1.165) is 11.3 Å². The first kappa shape index (κ1) is 19.7. The van der Waals surface area contributed by atoms with Crippen LogP contribution in [0.5, 0.6) is 11.5 Å². The molecule has 0 atom stereocenters. The third kappa shape index (κ3) is 4.26. The van der Waals surface area contributed by atoms with Crippen molar-refractivity contribution in [2.24, 2.45) is 0 Å². The number of hydrogen-bond acceptors (Lipinski definition) is 5. The standard InChI is InChI=1S/C20H21ClN4O3/c1-4-28-17-9-8-14(10-18(17)27-3)12-22-20(26)19-13(2)25(24-23-19)16-7-5-6-15(21)11-16/h5-11H,4,12H2,1-3H3,(H,22,26). The lowest BCUT2D eigenvalue weighted by Gasteiger charge is -2.11. The molecule has 1 aromatic heterocycles. The molecule has 146 valence electrons. The Hall–Kier alpha value is -3.06. The van der Waals surface area contributed by atoms with Crippen LogP contribution in [-0.2, 0) is 6.54 Å². The fourth-order valence-electron chi connectivity index (χ4n) is 2.75. The highest BCUT2D eigenvalue weighted by Gasteiger charge is 2.17. The Kier molecular flexibility index (Phi) is 6.16. The Labute approximate surface area is 168 Å². The van der Waals surface area contributed by atoms with E-state index < -0.39 is 0 Å². The molecule has 7 nitrogen and oxygen atoms in total. The summed E-state index contributed by atoms with van der Waals surface area (Å²) in [4.78, 5) is 12.6. The molecule has 0 aliphatic carbocycles. The maximum atomic E-state index is 12.6. The molecule has 2 aromatic carbocycles. The quantitative estimate of drug-likeness (QED) is 0.656. The van der Waals surface area contributed by atoms with Gasteiger partial charge in [-0.05, 0) is 49.7 Å². The van der Waals surface area contributed by atoms with E-state index in [4.69, 9.17) is 21.1 Å². The topological polar surface area (TPSA) is 78.3 Å². The van der Waals surface area contributed by atoms with Crippen molar-refractivity contribution < 1.29 is 14.3 Å². The molecule has 0 bridgehead atoms. The van der Waals surface area contributed by atoms with E-state index in [1.54, 1.807) is 30.8 Å². The van der Waals surface area contributed by atoms with Crippen LogP contribution in [0.3, 0.4) is 0 Å². The smallest absolute Gasteiger partial charge is 0.274 e. The fourth-order valence-corrected chi connectivity index (χ4v) is 2.94. The van der Waals surface area contributed by atoms with Gasteiger partial charge < -0.3 is 14.8 Å². The van der Waals surface area contributed by atoms with Crippen molar-refractivity contribution in [3.05, 3.63) is 64.4 Å². The number of nitrogens with one attached hydrogen (secondary N) is 1. The number of nitrogens with zero attached hydrogens (tertiary/aromatic N) is 3. The van der Waals surface area contributed by atoms with E-state index in [1.807, 2.05) is 37.3 Å². The summed E-state index contributed by atoms with van der Waals surface area (Å²) in [5.74, 6) is 0.982. The van der Waals surface area contributed by atoms with Crippen LogP contribution in [0, 0.1) is 6.92 Å². The highest BCUT2D eigenvalue weighted by atomic mass is 35.5. The number of amides is 1. The van der Waals surface area contributed by atoms with E-state index in [1.165, 1.54) is 0 Å². The van der Waals surface area contributed by atoms with Crippen LogP contribution in [0.4, 0.5) is 0 Å². The molecule has 0 saturated carbocycles. The fraction of sp³-hybridized carbons (Fsp3) is 0.250. The van der Waals surface area contributed by atoms with Crippen molar-refractivity contribution in [3.8, 4) is 17.2 Å². The third-order valence-corrected chi connectivity index (χ3v) is 4.38. The Morgan fingerprint density at radius 2 is 2.04 bits per heavy atom. The lowest BCUT2D eigenvalue weighted by Crippen LogP contribution is -2.24. The molecule has 0 radical (unpaired) electrons. The Balaban J connectivity index is 1.72. The van der Waals surface area contributed by atoms with Crippen LogP contribution >= 0.6 is 11.6 Å². The molecular weight excluding hydrogens is 380 g/mol. The first-order valence-electron chi connectivity index (χ1n) is 8.79. The van der Waals surface area contributed by atoms with Crippen molar-refractivity contribution in [3.63, 3.8) is 0 Å². The van der Waals surface area contributed by atoms with Crippen LogP contribution in [0.2, 0.25) is 5.02 Å². The Morgan fingerprint density at radius 1 is 1.21 bits per heavy atom. The van der Waals surface area contributed by atoms with Crippen molar-refractivity contribution in [2.75, 3.05) is 13.7 Å². The lowest BCUT2D eigenvalue weighted by molar-refractivity contribution is 0.0945. The van der Waals surface area contributed by atoms with Gasteiger partial charge in [0, 0.05) is 11.6 Å². The van der Waals surface area contributed by atoms with Gasteiger partial charge in [0.25, 0.3) is 5.91 Å². The van der Waals surface area contributed by atoms with E-state index in [2.05, 4.69) is 15.6 Å². The zero-order valence-corrected chi connectivity index (χ0v) is 16.7. The van der Waals surface area contributed by atoms with E-state index in [9.17, 15) is 4.79 Å². The minimum atomic E-state index is -0.307. The Morgan fingerprint density at radius 3 is 2.75 bits per heavy atom. The molecule has 0 fully saturated rings. The summed E-state index contributed by atoms with van der Waals surface area (Å²) < 4.78 is 12.4. The van der Waals surface area contributed by atoms with Crippen LogP contribution in [0.25, 0.3) is 5.69 Å². The average Bonchev–Trinajstić information content (AvgIpc) is 3.08. The van der Waals surface area contributed by atoms with Gasteiger partial charge in [0.1, 0.15) is 0 Å². The number of benzene rings is 2. The zero-order chi connectivity index (χ0) is 20.1. The summed E-state index contributed by atoms with van der Waals surface area (Å²) in [5.41, 5.74) is 2.52. The second-order valence-electron chi connectivity index (χ2n) is 6.02. The van der Waals surface area contributed by atoms with Crippen molar-refractivity contribution in [1.29, 1.82) is 0 Å². The molecule has 0 unspecified atom stereocenters. The molecule has 0 aliphatic rings. The number of aromatic nitrogens is 3. The number of halogens is 1. The summed E-state index contributed by atoms with van der Waals surface area (Å²) >= 11 is 6.03. The van der Waals surface area contributed by atoms with Crippen molar-refractivity contribution in [2.45, 2.75) is 20.4 Å². The SMILES string of the molecule is CCOc1ccc(CNC(=O)c2nnn(-c3cccc(Cl)c3)c2C)cc1OC. The number of ether oxygens (including phenoxy) is 2. The molecule has 0 aliphatic heterocycles. The molecule has 1 heterocycles. The molecule has 28 heavy (non-hydrogen) atoms. The van der Waals surface area contributed by atoms with Gasteiger partial charge in [-0.3, -0.25) is 4.79 Å². The summed E-state index contributed by atoms with van der Waals surface area (Å²) in [5, 5.41) is 11.5. The predicted molar refractivity (Wildman–Crippen MR) is 106 cm³/mol. The number of carbonyl (C=O) groups excluding carboxylic acids is 1. The second kappa shape index (κ2) is 8.75. The molecule has 0 saturated heterocycles. The highest BCUT2D eigenvalue weighted by Crippen LogP contribution is 2.28. The number of rotatable bonds is 7. The predicted octanol–water partition coefficient (Wildman–Crippen LogP) is 3.57. The van der Waals surface area contributed by atoms with Gasteiger partial charge in [0.15, 0.2) is 17.2 Å². The van der Waals surface area contributed by atoms with Crippen LogP contribution < -0.4 is 14.8 Å². The van der Waals surface area contributed by atoms with Crippen molar-refractivity contribution >= 4 is 17.5 Å².